The summed E-state index contributed by atoms with van der Waals surface area (Å²) in [5.74, 6) is 0.693. The zero-order valence-corrected chi connectivity index (χ0v) is 14.3. The molecule has 3 aromatic heterocycles. The number of thiazole rings is 1. The van der Waals surface area contributed by atoms with Gasteiger partial charge in [-0.2, -0.15) is 11.3 Å². The normalized spacial score (nSPS) is 11.0. The van der Waals surface area contributed by atoms with Crippen LogP contribution in [0.1, 0.15) is 21.1 Å². The first kappa shape index (κ1) is 15.1. The Morgan fingerprint density at radius 1 is 1.12 bits per heavy atom. The van der Waals surface area contributed by atoms with Gasteiger partial charge in [-0.15, -0.1) is 11.3 Å². The maximum Gasteiger partial charge on any atom is 0.283 e. The van der Waals surface area contributed by atoms with Crippen LogP contribution in [0.2, 0.25) is 0 Å². The van der Waals surface area contributed by atoms with Crippen molar-refractivity contribution in [2.75, 3.05) is 0 Å². The van der Waals surface area contributed by atoms with Crippen molar-refractivity contribution in [2.24, 2.45) is 0 Å². The molecular formula is C18H14N2O2S2. The lowest BCUT2D eigenvalue weighted by molar-refractivity contribution is 0.0718. The van der Waals surface area contributed by atoms with Gasteiger partial charge in [0.2, 0.25) is 0 Å². The van der Waals surface area contributed by atoms with Gasteiger partial charge in [0.15, 0.2) is 5.01 Å². The molecule has 0 radical (unpaired) electrons. The van der Waals surface area contributed by atoms with Gasteiger partial charge < -0.3 is 9.32 Å². The van der Waals surface area contributed by atoms with E-state index in [1.54, 1.807) is 22.5 Å². The van der Waals surface area contributed by atoms with Crippen LogP contribution in [0, 0.1) is 0 Å². The molecule has 4 rings (SSSR count). The van der Waals surface area contributed by atoms with E-state index in [4.69, 9.17) is 4.42 Å². The number of carbonyl (C=O) groups excluding carboxylic acids is 1. The molecule has 4 aromatic rings. The molecule has 0 spiro atoms. The van der Waals surface area contributed by atoms with Gasteiger partial charge in [0.1, 0.15) is 5.76 Å². The summed E-state index contributed by atoms with van der Waals surface area (Å²) >= 11 is 3.06. The highest BCUT2D eigenvalue weighted by atomic mass is 32.1. The zero-order valence-electron chi connectivity index (χ0n) is 12.7. The number of para-hydroxylation sites is 1. The Balaban J connectivity index is 1.64. The summed E-state index contributed by atoms with van der Waals surface area (Å²) in [5.41, 5.74) is 1.97. The van der Waals surface area contributed by atoms with Crippen LogP contribution in [0.3, 0.4) is 0 Å². The second kappa shape index (κ2) is 6.59. The van der Waals surface area contributed by atoms with E-state index in [1.807, 2.05) is 47.8 Å². The van der Waals surface area contributed by atoms with E-state index in [0.717, 1.165) is 21.5 Å². The molecule has 0 unspecified atom stereocenters. The van der Waals surface area contributed by atoms with E-state index >= 15 is 0 Å². The van der Waals surface area contributed by atoms with E-state index < -0.39 is 0 Å². The zero-order chi connectivity index (χ0) is 16.4. The van der Waals surface area contributed by atoms with Crippen LogP contribution in [-0.4, -0.2) is 15.8 Å². The number of nitrogens with zero attached hydrogens (tertiary/aromatic N) is 2. The Bertz CT molecular complexity index is 873. The van der Waals surface area contributed by atoms with Gasteiger partial charge in [0.05, 0.1) is 23.0 Å². The summed E-state index contributed by atoms with van der Waals surface area (Å²) in [6.07, 6.45) is 1.63. The average molecular weight is 354 g/mol. The molecule has 4 nitrogen and oxygen atoms in total. The molecule has 120 valence electrons. The predicted octanol–water partition coefficient (Wildman–Crippen LogP) is 4.79. The molecule has 0 saturated heterocycles. The Kier molecular flexibility index (Phi) is 4.15. The quantitative estimate of drug-likeness (QED) is 0.517. The molecule has 24 heavy (non-hydrogen) atoms. The van der Waals surface area contributed by atoms with Crippen molar-refractivity contribution < 1.29 is 9.21 Å². The molecule has 0 atom stereocenters. The summed E-state index contributed by atoms with van der Waals surface area (Å²) in [5, 5.41) is 4.58. The van der Waals surface area contributed by atoms with E-state index in [0.29, 0.717) is 18.1 Å². The van der Waals surface area contributed by atoms with Crippen molar-refractivity contribution in [2.45, 2.75) is 13.1 Å². The summed E-state index contributed by atoms with van der Waals surface area (Å²) in [4.78, 5) is 19.3. The first-order valence-electron chi connectivity index (χ1n) is 7.48. The summed E-state index contributed by atoms with van der Waals surface area (Å²) < 4.78 is 6.44. The Hall–Kier alpha value is -2.44. The smallest absolute Gasteiger partial charge is 0.283 e. The second-order valence-electron chi connectivity index (χ2n) is 5.36. The van der Waals surface area contributed by atoms with Crippen molar-refractivity contribution in [3.63, 3.8) is 0 Å². The van der Waals surface area contributed by atoms with Crippen molar-refractivity contribution >= 4 is 38.8 Å². The highest BCUT2D eigenvalue weighted by Crippen LogP contribution is 2.24. The standard InChI is InChI=1S/C18H14N2O2S2/c21-18(17-19-15-5-1-2-6-16(15)24-17)20(10-13-7-9-23-12-13)11-14-4-3-8-22-14/h1-9,12H,10-11H2. The maximum absolute atomic E-state index is 13.0. The Morgan fingerprint density at radius 2 is 2.04 bits per heavy atom. The lowest BCUT2D eigenvalue weighted by Crippen LogP contribution is -2.29. The molecule has 1 amide bonds. The van der Waals surface area contributed by atoms with Crippen molar-refractivity contribution in [1.29, 1.82) is 0 Å². The third-order valence-electron chi connectivity index (χ3n) is 3.64. The number of aromatic nitrogens is 1. The molecule has 1 aromatic carbocycles. The fourth-order valence-electron chi connectivity index (χ4n) is 2.49. The van der Waals surface area contributed by atoms with Crippen LogP contribution >= 0.6 is 22.7 Å². The van der Waals surface area contributed by atoms with Gasteiger partial charge in [-0.05, 0) is 46.7 Å². The number of thiophene rings is 1. The number of hydrogen-bond donors (Lipinski definition) is 0. The molecule has 0 bridgehead atoms. The topological polar surface area (TPSA) is 46.3 Å². The molecular weight excluding hydrogens is 340 g/mol. The molecule has 0 fully saturated rings. The number of amides is 1. The lowest BCUT2D eigenvalue weighted by Gasteiger charge is -2.20. The van der Waals surface area contributed by atoms with Gasteiger partial charge in [0, 0.05) is 6.54 Å². The van der Waals surface area contributed by atoms with Crippen LogP contribution in [0.25, 0.3) is 10.2 Å². The largest absolute Gasteiger partial charge is 0.467 e. The fourth-order valence-corrected chi connectivity index (χ4v) is 4.09. The molecule has 0 aliphatic rings. The lowest BCUT2D eigenvalue weighted by atomic mass is 10.3. The summed E-state index contributed by atoms with van der Waals surface area (Å²) in [6, 6.07) is 13.6. The van der Waals surface area contributed by atoms with E-state index in [2.05, 4.69) is 10.4 Å². The van der Waals surface area contributed by atoms with Gasteiger partial charge >= 0.3 is 0 Å². The third kappa shape index (κ3) is 3.11. The van der Waals surface area contributed by atoms with Crippen LogP contribution in [0.15, 0.2) is 63.9 Å². The Morgan fingerprint density at radius 3 is 2.79 bits per heavy atom. The first-order valence-corrected chi connectivity index (χ1v) is 9.24. The van der Waals surface area contributed by atoms with Crippen molar-refractivity contribution in [1.82, 2.24) is 9.88 Å². The fraction of sp³-hybridized carbons (Fsp3) is 0.111. The second-order valence-corrected chi connectivity index (χ2v) is 7.17. The molecule has 0 N–H and O–H groups in total. The van der Waals surface area contributed by atoms with Crippen LogP contribution in [-0.2, 0) is 13.1 Å². The van der Waals surface area contributed by atoms with Crippen LogP contribution in [0.5, 0.6) is 0 Å². The van der Waals surface area contributed by atoms with E-state index in [9.17, 15) is 4.79 Å². The number of benzene rings is 1. The monoisotopic (exact) mass is 354 g/mol. The maximum atomic E-state index is 13.0. The van der Waals surface area contributed by atoms with Gasteiger partial charge in [-0.3, -0.25) is 4.79 Å². The third-order valence-corrected chi connectivity index (χ3v) is 5.40. The highest BCUT2D eigenvalue weighted by molar-refractivity contribution is 7.20. The number of hydrogen-bond acceptors (Lipinski definition) is 5. The molecule has 6 heteroatoms. The summed E-state index contributed by atoms with van der Waals surface area (Å²) in [7, 11) is 0. The molecule has 0 aliphatic carbocycles. The number of carbonyl (C=O) groups is 1. The van der Waals surface area contributed by atoms with Crippen molar-refractivity contribution in [3.05, 3.63) is 75.8 Å². The van der Waals surface area contributed by atoms with Crippen LogP contribution in [0.4, 0.5) is 0 Å². The highest BCUT2D eigenvalue weighted by Gasteiger charge is 2.21. The molecule has 0 aliphatic heterocycles. The number of rotatable bonds is 5. The molecule has 3 heterocycles. The minimum Gasteiger partial charge on any atom is -0.467 e. The Labute approximate surface area is 147 Å². The average Bonchev–Trinajstić information content (AvgIpc) is 3.34. The summed E-state index contributed by atoms with van der Waals surface area (Å²) in [6.45, 7) is 0.969. The SMILES string of the molecule is O=C(c1nc2ccccc2s1)N(Cc1ccsc1)Cc1ccco1. The van der Waals surface area contributed by atoms with E-state index in [-0.39, 0.29) is 5.91 Å². The van der Waals surface area contributed by atoms with Gasteiger partial charge in [0.25, 0.3) is 5.91 Å². The first-order chi connectivity index (χ1) is 11.8. The number of furan rings is 1. The minimum absolute atomic E-state index is 0.0706. The van der Waals surface area contributed by atoms with Gasteiger partial charge in [-0.1, -0.05) is 12.1 Å². The number of fused-ring (bicyclic) bond motifs is 1. The van der Waals surface area contributed by atoms with Crippen LogP contribution < -0.4 is 0 Å². The van der Waals surface area contributed by atoms with Crippen molar-refractivity contribution in [3.8, 4) is 0 Å². The van der Waals surface area contributed by atoms with Gasteiger partial charge in [-0.25, -0.2) is 4.98 Å². The van der Waals surface area contributed by atoms with E-state index in [1.165, 1.54) is 11.3 Å². The molecule has 0 saturated carbocycles. The minimum atomic E-state index is -0.0706. The predicted molar refractivity (Wildman–Crippen MR) is 96.2 cm³/mol.